The number of aliphatic hydroxyl groups is 1. The topological polar surface area (TPSA) is 95.2 Å². The van der Waals surface area contributed by atoms with Crippen LogP contribution in [0.25, 0.3) is 0 Å². The van der Waals surface area contributed by atoms with E-state index in [0.29, 0.717) is 12.4 Å². The summed E-state index contributed by atoms with van der Waals surface area (Å²) < 4.78 is 0. The highest BCUT2D eigenvalue weighted by Gasteiger charge is 2.24. The number of nitrogens with two attached hydrogens (primary N) is 1. The maximum Gasteiger partial charge on any atom is 0.276 e. The first kappa shape index (κ1) is 9.97. The molecule has 1 atom stereocenters. The lowest BCUT2D eigenvalue weighted by atomic mass is 10.1. The van der Waals surface area contributed by atoms with Crippen LogP contribution >= 0.6 is 0 Å². The van der Waals surface area contributed by atoms with Gasteiger partial charge in [-0.15, -0.1) is 0 Å². The van der Waals surface area contributed by atoms with Gasteiger partial charge in [0.2, 0.25) is 0 Å². The van der Waals surface area contributed by atoms with Crippen molar-refractivity contribution in [3.05, 3.63) is 16.7 Å². The minimum Gasteiger partial charge on any atom is -0.396 e. The molecule has 4 N–H and O–H groups in total. The molecule has 0 bridgehead atoms. The number of nitrogens with zero attached hydrogens (tertiary/aromatic N) is 2. The number of aromatic nitrogens is 2. The molecule has 82 valence electrons. The van der Waals surface area contributed by atoms with Gasteiger partial charge in [-0.05, 0) is 6.42 Å². The van der Waals surface area contributed by atoms with Crippen LogP contribution in [0.2, 0.25) is 0 Å². The highest BCUT2D eigenvalue weighted by atomic mass is 16.3. The second-order valence-corrected chi connectivity index (χ2v) is 3.75. The van der Waals surface area contributed by atoms with E-state index in [2.05, 4.69) is 9.97 Å². The summed E-state index contributed by atoms with van der Waals surface area (Å²) >= 11 is 0. The van der Waals surface area contributed by atoms with Crippen LogP contribution in [0.5, 0.6) is 0 Å². The molecular formula is C9H14N4O2. The second kappa shape index (κ2) is 3.90. The van der Waals surface area contributed by atoms with Gasteiger partial charge in [0.15, 0.2) is 5.82 Å². The van der Waals surface area contributed by atoms with Crippen LogP contribution in [0, 0.1) is 5.92 Å². The number of nitrogens with one attached hydrogen (secondary N) is 1. The van der Waals surface area contributed by atoms with Crippen LogP contribution in [0.4, 0.5) is 11.5 Å². The predicted octanol–water partition coefficient (Wildman–Crippen LogP) is -0.829. The zero-order valence-electron chi connectivity index (χ0n) is 8.31. The number of hydrogen-bond acceptors (Lipinski definition) is 5. The average molecular weight is 210 g/mol. The first-order chi connectivity index (χ1) is 7.22. The van der Waals surface area contributed by atoms with Crippen molar-refractivity contribution < 1.29 is 5.11 Å². The van der Waals surface area contributed by atoms with Crippen LogP contribution < -0.4 is 16.2 Å². The van der Waals surface area contributed by atoms with Gasteiger partial charge in [-0.25, -0.2) is 4.98 Å². The quantitative estimate of drug-likeness (QED) is 0.592. The maximum atomic E-state index is 11.3. The number of aliphatic hydroxyl groups excluding tert-OH is 1. The van der Waals surface area contributed by atoms with Crippen LogP contribution in [0.15, 0.2) is 11.1 Å². The van der Waals surface area contributed by atoms with Crippen molar-refractivity contribution in [2.45, 2.75) is 6.42 Å². The van der Waals surface area contributed by atoms with Crippen molar-refractivity contribution in [3.63, 3.8) is 0 Å². The summed E-state index contributed by atoms with van der Waals surface area (Å²) in [6, 6.07) is 0. The molecular weight excluding hydrogens is 196 g/mol. The Morgan fingerprint density at radius 1 is 1.73 bits per heavy atom. The lowest BCUT2D eigenvalue weighted by Gasteiger charge is -2.17. The van der Waals surface area contributed by atoms with Gasteiger partial charge >= 0.3 is 0 Å². The molecule has 0 amide bonds. The molecule has 0 radical (unpaired) electrons. The molecule has 2 rings (SSSR count). The number of nitrogen functional groups attached to an aromatic ring is 1. The molecule has 1 unspecified atom stereocenters. The zero-order chi connectivity index (χ0) is 10.8. The molecule has 0 saturated carbocycles. The summed E-state index contributed by atoms with van der Waals surface area (Å²) in [5, 5.41) is 9.01. The number of anilines is 2. The number of aromatic amines is 1. The minimum absolute atomic E-state index is 0.149. The van der Waals surface area contributed by atoms with E-state index in [1.165, 1.54) is 6.33 Å². The fourth-order valence-electron chi connectivity index (χ4n) is 1.83. The van der Waals surface area contributed by atoms with Crippen molar-refractivity contribution in [1.82, 2.24) is 9.97 Å². The van der Waals surface area contributed by atoms with E-state index < -0.39 is 0 Å². The third-order valence-corrected chi connectivity index (χ3v) is 2.71. The number of hydrogen-bond donors (Lipinski definition) is 3. The summed E-state index contributed by atoms with van der Waals surface area (Å²) in [4.78, 5) is 19.7. The summed E-state index contributed by atoms with van der Waals surface area (Å²) in [5.74, 6) is 0.778. The largest absolute Gasteiger partial charge is 0.396 e. The molecule has 15 heavy (non-hydrogen) atoms. The summed E-state index contributed by atoms with van der Waals surface area (Å²) in [5.41, 5.74) is 5.48. The van der Waals surface area contributed by atoms with Crippen LogP contribution in [0.1, 0.15) is 6.42 Å². The third kappa shape index (κ3) is 1.80. The molecule has 6 heteroatoms. The molecule has 1 aromatic heterocycles. The Morgan fingerprint density at radius 2 is 2.53 bits per heavy atom. The molecule has 6 nitrogen and oxygen atoms in total. The van der Waals surface area contributed by atoms with E-state index >= 15 is 0 Å². The molecule has 2 heterocycles. The first-order valence-electron chi connectivity index (χ1n) is 4.91. The molecule has 1 aliphatic heterocycles. The summed E-state index contributed by atoms with van der Waals surface area (Å²) in [6.07, 6.45) is 2.25. The monoisotopic (exact) mass is 210 g/mol. The molecule has 1 aromatic rings. The molecule has 1 fully saturated rings. The standard InChI is InChI=1S/C9H14N4O2/c10-7-8(11-5-12-9(7)15)13-2-1-6(3-13)4-14/h5-6,14H,1-4,10H2,(H,11,12,15). The Balaban J connectivity index is 2.24. The minimum atomic E-state index is -0.313. The smallest absolute Gasteiger partial charge is 0.276 e. The van der Waals surface area contributed by atoms with Crippen molar-refractivity contribution >= 4 is 11.5 Å². The lowest BCUT2D eigenvalue weighted by molar-refractivity contribution is 0.238. The van der Waals surface area contributed by atoms with Crippen LogP contribution in [0.3, 0.4) is 0 Å². The van der Waals surface area contributed by atoms with Gasteiger partial charge in [0.25, 0.3) is 5.56 Å². The normalized spacial score (nSPS) is 20.9. The van der Waals surface area contributed by atoms with E-state index in [4.69, 9.17) is 10.8 Å². The molecule has 0 spiro atoms. The Kier molecular flexibility index (Phi) is 2.59. The Bertz CT molecular complexity index is 403. The van der Waals surface area contributed by atoms with E-state index in [-0.39, 0.29) is 23.8 Å². The van der Waals surface area contributed by atoms with Gasteiger partial charge in [-0.3, -0.25) is 4.79 Å². The first-order valence-corrected chi connectivity index (χ1v) is 4.91. The third-order valence-electron chi connectivity index (χ3n) is 2.71. The van der Waals surface area contributed by atoms with Crippen molar-refractivity contribution in [2.24, 2.45) is 5.92 Å². The van der Waals surface area contributed by atoms with Gasteiger partial charge in [0.05, 0.1) is 6.33 Å². The van der Waals surface area contributed by atoms with Gasteiger partial charge in [0, 0.05) is 25.6 Å². The predicted molar refractivity (Wildman–Crippen MR) is 56.7 cm³/mol. The summed E-state index contributed by atoms with van der Waals surface area (Å²) in [6.45, 7) is 1.66. The highest BCUT2D eigenvalue weighted by molar-refractivity contribution is 5.61. The van der Waals surface area contributed by atoms with E-state index in [0.717, 1.165) is 13.0 Å². The lowest BCUT2D eigenvalue weighted by Crippen LogP contribution is -2.26. The molecule has 0 aromatic carbocycles. The number of rotatable bonds is 2. The second-order valence-electron chi connectivity index (χ2n) is 3.75. The van der Waals surface area contributed by atoms with Gasteiger partial charge < -0.3 is 20.7 Å². The van der Waals surface area contributed by atoms with Gasteiger partial charge in [0.1, 0.15) is 5.69 Å². The average Bonchev–Trinajstić information content (AvgIpc) is 2.70. The molecule has 1 aliphatic rings. The molecule has 1 saturated heterocycles. The fraction of sp³-hybridized carbons (Fsp3) is 0.556. The van der Waals surface area contributed by atoms with Crippen LogP contribution in [-0.4, -0.2) is 34.8 Å². The van der Waals surface area contributed by atoms with E-state index in [1.54, 1.807) is 0 Å². The Hall–Kier alpha value is -1.56. The SMILES string of the molecule is Nc1c(N2CCC(CO)C2)nc[nH]c1=O. The van der Waals surface area contributed by atoms with E-state index in [9.17, 15) is 4.79 Å². The summed E-state index contributed by atoms with van der Waals surface area (Å²) in [7, 11) is 0. The van der Waals surface area contributed by atoms with Gasteiger partial charge in [-0.1, -0.05) is 0 Å². The Morgan fingerprint density at radius 3 is 3.20 bits per heavy atom. The van der Waals surface area contributed by atoms with Crippen molar-refractivity contribution in [3.8, 4) is 0 Å². The number of H-pyrrole nitrogens is 1. The molecule has 0 aliphatic carbocycles. The van der Waals surface area contributed by atoms with Crippen molar-refractivity contribution in [1.29, 1.82) is 0 Å². The maximum absolute atomic E-state index is 11.3. The van der Waals surface area contributed by atoms with E-state index in [1.807, 2.05) is 4.90 Å². The van der Waals surface area contributed by atoms with Crippen LogP contribution in [-0.2, 0) is 0 Å². The Labute approximate surface area is 86.7 Å². The fourth-order valence-corrected chi connectivity index (χ4v) is 1.83. The van der Waals surface area contributed by atoms with Crippen molar-refractivity contribution in [2.75, 3.05) is 30.3 Å². The highest BCUT2D eigenvalue weighted by Crippen LogP contribution is 2.23. The van der Waals surface area contributed by atoms with Gasteiger partial charge in [-0.2, -0.15) is 0 Å². The zero-order valence-corrected chi connectivity index (χ0v) is 8.31.